The summed E-state index contributed by atoms with van der Waals surface area (Å²) < 4.78 is 5.78. The maximum absolute atomic E-state index is 6.59. The highest BCUT2D eigenvalue weighted by Gasteiger charge is 2.37. The van der Waals surface area contributed by atoms with E-state index in [0.29, 0.717) is 12.5 Å². The van der Waals surface area contributed by atoms with Gasteiger partial charge in [-0.15, -0.1) is 0 Å². The van der Waals surface area contributed by atoms with E-state index in [1.54, 1.807) is 0 Å². The summed E-state index contributed by atoms with van der Waals surface area (Å²) in [5.74, 6) is 1.63. The lowest BCUT2D eigenvalue weighted by Gasteiger charge is -2.24. The number of hydrogen-bond acceptors (Lipinski definition) is 3. The van der Waals surface area contributed by atoms with E-state index < -0.39 is 0 Å². The Morgan fingerprint density at radius 1 is 1.15 bits per heavy atom. The van der Waals surface area contributed by atoms with Gasteiger partial charge in [0.2, 0.25) is 0 Å². The molecule has 102 valence electrons. The molecule has 3 nitrogen and oxygen atoms in total. The fourth-order valence-corrected chi connectivity index (χ4v) is 3.61. The quantitative estimate of drug-likeness (QED) is 0.909. The molecular formula is C17H18N2O. The highest BCUT2D eigenvalue weighted by Crippen LogP contribution is 2.42. The van der Waals surface area contributed by atoms with Crippen LogP contribution < -0.4 is 10.5 Å². The van der Waals surface area contributed by atoms with E-state index >= 15 is 0 Å². The topological polar surface area (TPSA) is 48.1 Å². The average molecular weight is 266 g/mol. The van der Waals surface area contributed by atoms with E-state index in [-0.39, 0.29) is 12.0 Å². The van der Waals surface area contributed by atoms with Gasteiger partial charge in [0.25, 0.3) is 0 Å². The molecular weight excluding hydrogens is 248 g/mol. The van der Waals surface area contributed by atoms with Gasteiger partial charge in [-0.2, -0.15) is 0 Å². The van der Waals surface area contributed by atoms with Gasteiger partial charge in [-0.1, -0.05) is 24.3 Å². The summed E-state index contributed by atoms with van der Waals surface area (Å²) >= 11 is 0. The number of hydrogen-bond donors (Lipinski definition) is 1. The van der Waals surface area contributed by atoms with Gasteiger partial charge in [-0.25, -0.2) is 0 Å². The van der Waals surface area contributed by atoms with Crippen molar-refractivity contribution in [3.63, 3.8) is 0 Å². The molecule has 4 rings (SSSR count). The molecule has 1 aromatic carbocycles. The van der Waals surface area contributed by atoms with Crippen LogP contribution in [-0.2, 0) is 6.42 Å². The van der Waals surface area contributed by atoms with Gasteiger partial charge < -0.3 is 10.5 Å². The Balaban J connectivity index is 1.65. The van der Waals surface area contributed by atoms with Crippen molar-refractivity contribution in [3.8, 4) is 5.75 Å². The molecule has 0 fully saturated rings. The van der Waals surface area contributed by atoms with Crippen molar-refractivity contribution < 1.29 is 4.74 Å². The third kappa shape index (κ3) is 1.74. The molecule has 3 unspecified atom stereocenters. The summed E-state index contributed by atoms with van der Waals surface area (Å²) in [7, 11) is 0. The third-order valence-corrected chi connectivity index (χ3v) is 4.67. The minimum atomic E-state index is 0.0785. The number of aromatic nitrogens is 1. The number of para-hydroxylation sites is 1. The number of pyridine rings is 1. The molecule has 3 heteroatoms. The van der Waals surface area contributed by atoms with E-state index in [1.807, 2.05) is 24.4 Å². The highest BCUT2D eigenvalue weighted by molar-refractivity contribution is 5.42. The predicted octanol–water partition coefficient (Wildman–Crippen LogP) is 2.61. The number of nitrogens with zero attached hydrogens (tertiary/aromatic N) is 1. The molecule has 3 atom stereocenters. The molecule has 2 aromatic rings. The highest BCUT2D eigenvalue weighted by atomic mass is 16.5. The summed E-state index contributed by atoms with van der Waals surface area (Å²) in [6.07, 6.45) is 4.08. The summed E-state index contributed by atoms with van der Waals surface area (Å²) in [5.41, 5.74) is 10.4. The number of nitrogens with two attached hydrogens (primary N) is 1. The first-order chi connectivity index (χ1) is 9.84. The zero-order chi connectivity index (χ0) is 13.5. The molecule has 20 heavy (non-hydrogen) atoms. The molecule has 1 aromatic heterocycles. The first-order valence-corrected chi connectivity index (χ1v) is 7.25. The molecule has 0 saturated heterocycles. The van der Waals surface area contributed by atoms with Crippen molar-refractivity contribution in [1.29, 1.82) is 0 Å². The van der Waals surface area contributed by atoms with Gasteiger partial charge in [-0.3, -0.25) is 4.98 Å². The number of benzene rings is 1. The molecule has 2 N–H and O–H groups in total. The van der Waals surface area contributed by atoms with E-state index in [2.05, 4.69) is 23.2 Å². The molecule has 0 radical (unpaired) electrons. The van der Waals surface area contributed by atoms with Crippen molar-refractivity contribution in [1.82, 2.24) is 4.98 Å². The summed E-state index contributed by atoms with van der Waals surface area (Å²) in [6, 6.07) is 12.5. The molecule has 1 aliphatic heterocycles. The molecule has 1 aliphatic carbocycles. The molecule has 0 spiro atoms. The van der Waals surface area contributed by atoms with Crippen LogP contribution in [0.3, 0.4) is 0 Å². The van der Waals surface area contributed by atoms with Crippen LogP contribution >= 0.6 is 0 Å². The zero-order valence-corrected chi connectivity index (χ0v) is 11.3. The van der Waals surface area contributed by atoms with Gasteiger partial charge in [-0.05, 0) is 30.5 Å². The number of fused-ring (bicyclic) bond motifs is 2. The van der Waals surface area contributed by atoms with Crippen molar-refractivity contribution in [2.45, 2.75) is 30.7 Å². The van der Waals surface area contributed by atoms with E-state index in [1.165, 1.54) is 16.8 Å². The normalized spacial score (nSPS) is 24.9. The van der Waals surface area contributed by atoms with E-state index in [9.17, 15) is 0 Å². The van der Waals surface area contributed by atoms with E-state index in [0.717, 1.165) is 18.6 Å². The largest absolute Gasteiger partial charge is 0.493 e. The minimum Gasteiger partial charge on any atom is -0.493 e. The lowest BCUT2D eigenvalue weighted by molar-refractivity contribution is 0.300. The first kappa shape index (κ1) is 11.9. The number of rotatable bonds is 2. The van der Waals surface area contributed by atoms with Crippen molar-refractivity contribution in [2.24, 2.45) is 5.73 Å². The smallest absolute Gasteiger partial charge is 0.122 e. The SMILES string of the molecule is NC(C1COc2ccccc21)C1CCc2cccnc21. The van der Waals surface area contributed by atoms with Crippen molar-refractivity contribution >= 4 is 0 Å². The average Bonchev–Trinajstić information content (AvgIpc) is 3.11. The first-order valence-electron chi connectivity index (χ1n) is 7.25. The maximum Gasteiger partial charge on any atom is 0.122 e. The van der Waals surface area contributed by atoms with Crippen LogP contribution in [0.15, 0.2) is 42.6 Å². The van der Waals surface area contributed by atoms with Gasteiger partial charge in [0.05, 0.1) is 6.61 Å². The Kier molecular flexibility index (Phi) is 2.74. The van der Waals surface area contributed by atoms with Gasteiger partial charge in [0.1, 0.15) is 5.75 Å². The molecule has 0 bridgehead atoms. The Labute approximate surface area is 118 Å². The molecule has 0 amide bonds. The molecule has 2 heterocycles. The summed E-state index contributed by atoms with van der Waals surface area (Å²) in [5, 5.41) is 0. The van der Waals surface area contributed by atoms with Crippen LogP contribution in [0.1, 0.15) is 35.1 Å². The minimum absolute atomic E-state index is 0.0785. The summed E-state index contributed by atoms with van der Waals surface area (Å²) in [6.45, 7) is 0.694. The Bertz CT molecular complexity index is 585. The van der Waals surface area contributed by atoms with Gasteiger partial charge >= 0.3 is 0 Å². The van der Waals surface area contributed by atoms with Crippen LogP contribution in [0.5, 0.6) is 5.75 Å². The second-order valence-electron chi connectivity index (χ2n) is 5.73. The molecule has 0 saturated carbocycles. The van der Waals surface area contributed by atoms with Crippen LogP contribution in [0.25, 0.3) is 0 Å². The fourth-order valence-electron chi connectivity index (χ4n) is 3.61. The van der Waals surface area contributed by atoms with Gasteiger partial charge in [0, 0.05) is 35.3 Å². The lowest BCUT2D eigenvalue weighted by atomic mass is 9.84. The number of aryl methyl sites for hydroxylation is 1. The standard InChI is InChI=1S/C17H18N2O/c18-16(13-8-7-11-4-3-9-19-17(11)13)14-10-20-15-6-2-1-5-12(14)15/h1-6,9,13-14,16H,7-8,10,18H2. The third-order valence-electron chi connectivity index (χ3n) is 4.67. The van der Waals surface area contributed by atoms with E-state index in [4.69, 9.17) is 10.5 Å². The second kappa shape index (κ2) is 4.60. The van der Waals surface area contributed by atoms with Crippen molar-refractivity contribution in [3.05, 3.63) is 59.4 Å². The van der Waals surface area contributed by atoms with Crippen LogP contribution in [0.4, 0.5) is 0 Å². The lowest BCUT2D eigenvalue weighted by Crippen LogP contribution is -2.35. The Morgan fingerprint density at radius 3 is 3.00 bits per heavy atom. The second-order valence-corrected chi connectivity index (χ2v) is 5.73. The predicted molar refractivity (Wildman–Crippen MR) is 78.0 cm³/mol. The number of ether oxygens (including phenoxy) is 1. The maximum atomic E-state index is 6.59. The monoisotopic (exact) mass is 266 g/mol. The van der Waals surface area contributed by atoms with Crippen LogP contribution in [0.2, 0.25) is 0 Å². The van der Waals surface area contributed by atoms with Crippen LogP contribution in [-0.4, -0.2) is 17.6 Å². The van der Waals surface area contributed by atoms with Gasteiger partial charge in [0.15, 0.2) is 0 Å². The molecule has 2 aliphatic rings. The summed E-state index contributed by atoms with van der Waals surface area (Å²) in [4.78, 5) is 4.57. The Hall–Kier alpha value is -1.87. The Morgan fingerprint density at radius 2 is 2.05 bits per heavy atom. The zero-order valence-electron chi connectivity index (χ0n) is 11.3. The fraction of sp³-hybridized carbons (Fsp3) is 0.353. The van der Waals surface area contributed by atoms with Crippen molar-refractivity contribution in [2.75, 3.05) is 6.61 Å². The van der Waals surface area contributed by atoms with Crippen LogP contribution in [0, 0.1) is 0 Å².